The van der Waals surface area contributed by atoms with Gasteiger partial charge in [0.25, 0.3) is 5.91 Å². The van der Waals surface area contributed by atoms with E-state index in [1.54, 1.807) is 37.4 Å². The molecule has 0 radical (unpaired) electrons. The van der Waals surface area contributed by atoms with Crippen molar-refractivity contribution in [3.63, 3.8) is 0 Å². The van der Waals surface area contributed by atoms with Crippen LogP contribution in [0.3, 0.4) is 0 Å². The number of ether oxygens (including phenoxy) is 1. The molecule has 124 valence electrons. The smallest absolute Gasteiger partial charge is 0.255 e. The van der Waals surface area contributed by atoms with Gasteiger partial charge in [-0.25, -0.2) is 0 Å². The molecule has 0 aromatic heterocycles. The highest BCUT2D eigenvalue weighted by Gasteiger charge is 2.29. The van der Waals surface area contributed by atoms with Crippen LogP contribution in [0.15, 0.2) is 48.5 Å². The van der Waals surface area contributed by atoms with Crippen molar-refractivity contribution in [2.45, 2.75) is 19.4 Å². The summed E-state index contributed by atoms with van der Waals surface area (Å²) in [5.74, 6) is -0.00358. The van der Waals surface area contributed by atoms with Gasteiger partial charge in [-0.2, -0.15) is 0 Å². The molecule has 1 aliphatic carbocycles. The molecule has 2 aromatic rings. The molecule has 5 heteroatoms. The zero-order valence-electron chi connectivity index (χ0n) is 13.5. The molecule has 0 aliphatic heterocycles. The Morgan fingerprint density at radius 3 is 2.46 bits per heavy atom. The van der Waals surface area contributed by atoms with Gasteiger partial charge in [0.15, 0.2) is 0 Å². The first-order chi connectivity index (χ1) is 11.7. The van der Waals surface area contributed by atoms with Crippen LogP contribution in [-0.4, -0.2) is 18.9 Å². The summed E-state index contributed by atoms with van der Waals surface area (Å²) in [7, 11) is 1.62. The van der Waals surface area contributed by atoms with E-state index in [4.69, 9.17) is 4.74 Å². The minimum atomic E-state index is -0.196. The normalized spacial score (nSPS) is 13.4. The predicted octanol–water partition coefficient (Wildman–Crippen LogP) is 3.43. The number of hydrogen-bond acceptors (Lipinski definition) is 3. The summed E-state index contributed by atoms with van der Waals surface area (Å²) >= 11 is 0. The van der Waals surface area contributed by atoms with Gasteiger partial charge >= 0.3 is 0 Å². The van der Waals surface area contributed by atoms with E-state index in [-0.39, 0.29) is 17.7 Å². The van der Waals surface area contributed by atoms with Gasteiger partial charge in [-0.1, -0.05) is 18.2 Å². The Bertz CT molecular complexity index is 754. The number of carbonyl (C=O) groups is 2. The Morgan fingerprint density at radius 2 is 1.75 bits per heavy atom. The van der Waals surface area contributed by atoms with E-state index in [1.807, 2.05) is 18.2 Å². The van der Waals surface area contributed by atoms with Gasteiger partial charge in [-0.15, -0.1) is 0 Å². The molecule has 0 atom stereocenters. The van der Waals surface area contributed by atoms with Crippen molar-refractivity contribution in [3.05, 3.63) is 59.7 Å². The maximum absolute atomic E-state index is 12.4. The third kappa shape index (κ3) is 4.20. The lowest BCUT2D eigenvalue weighted by Crippen LogP contribution is -2.15. The SMILES string of the molecule is COCc1cccc(C(=O)Nc2cccc(NC(=O)C3CC3)c2)c1. The summed E-state index contributed by atoms with van der Waals surface area (Å²) in [5.41, 5.74) is 2.84. The van der Waals surface area contributed by atoms with Gasteiger partial charge in [-0.05, 0) is 48.7 Å². The van der Waals surface area contributed by atoms with Crippen LogP contribution in [0.25, 0.3) is 0 Å². The van der Waals surface area contributed by atoms with Crippen molar-refractivity contribution in [1.29, 1.82) is 0 Å². The highest BCUT2D eigenvalue weighted by Crippen LogP contribution is 2.30. The monoisotopic (exact) mass is 324 g/mol. The molecule has 0 bridgehead atoms. The van der Waals surface area contributed by atoms with Gasteiger partial charge < -0.3 is 15.4 Å². The van der Waals surface area contributed by atoms with E-state index in [0.29, 0.717) is 23.5 Å². The Kier molecular flexibility index (Phi) is 4.91. The summed E-state index contributed by atoms with van der Waals surface area (Å²) in [4.78, 5) is 24.2. The van der Waals surface area contributed by atoms with Gasteiger partial charge in [0, 0.05) is 30.0 Å². The van der Waals surface area contributed by atoms with E-state index in [2.05, 4.69) is 10.6 Å². The second-order valence-corrected chi connectivity index (χ2v) is 5.93. The van der Waals surface area contributed by atoms with E-state index in [9.17, 15) is 9.59 Å². The number of amides is 2. The first kappa shape index (κ1) is 16.2. The third-order valence-electron chi connectivity index (χ3n) is 3.84. The van der Waals surface area contributed by atoms with Crippen molar-refractivity contribution in [1.82, 2.24) is 0 Å². The zero-order valence-corrected chi connectivity index (χ0v) is 13.5. The maximum atomic E-state index is 12.4. The van der Waals surface area contributed by atoms with Crippen molar-refractivity contribution >= 4 is 23.2 Å². The van der Waals surface area contributed by atoms with Gasteiger partial charge in [-0.3, -0.25) is 9.59 Å². The van der Waals surface area contributed by atoms with Crippen LogP contribution in [0, 0.1) is 5.92 Å². The number of methoxy groups -OCH3 is 1. The molecule has 1 saturated carbocycles. The molecule has 0 heterocycles. The minimum Gasteiger partial charge on any atom is -0.380 e. The van der Waals surface area contributed by atoms with Gasteiger partial charge in [0.2, 0.25) is 5.91 Å². The highest BCUT2D eigenvalue weighted by molar-refractivity contribution is 6.04. The van der Waals surface area contributed by atoms with E-state index >= 15 is 0 Å². The zero-order chi connectivity index (χ0) is 16.9. The molecule has 0 spiro atoms. The Hall–Kier alpha value is -2.66. The lowest BCUT2D eigenvalue weighted by atomic mass is 10.1. The number of nitrogens with one attached hydrogen (secondary N) is 2. The van der Waals surface area contributed by atoms with E-state index in [1.165, 1.54) is 0 Å². The van der Waals surface area contributed by atoms with Gasteiger partial charge in [0.1, 0.15) is 0 Å². The molecule has 2 amide bonds. The summed E-state index contributed by atoms with van der Waals surface area (Å²) in [5, 5.41) is 5.73. The first-order valence-electron chi connectivity index (χ1n) is 7.96. The van der Waals surface area contributed by atoms with Crippen molar-refractivity contribution in [2.24, 2.45) is 5.92 Å². The average molecular weight is 324 g/mol. The lowest BCUT2D eigenvalue weighted by Gasteiger charge is -2.09. The van der Waals surface area contributed by atoms with Crippen LogP contribution >= 0.6 is 0 Å². The molecule has 3 rings (SSSR count). The molecule has 1 aliphatic rings. The van der Waals surface area contributed by atoms with Crippen molar-refractivity contribution in [3.8, 4) is 0 Å². The predicted molar refractivity (Wildman–Crippen MR) is 92.9 cm³/mol. The Balaban J connectivity index is 1.67. The molecule has 24 heavy (non-hydrogen) atoms. The first-order valence-corrected chi connectivity index (χ1v) is 7.96. The minimum absolute atomic E-state index is 0.0470. The molecular formula is C19H20N2O3. The molecule has 5 nitrogen and oxygen atoms in total. The maximum Gasteiger partial charge on any atom is 0.255 e. The largest absolute Gasteiger partial charge is 0.380 e. The van der Waals surface area contributed by atoms with Crippen LogP contribution in [0.1, 0.15) is 28.8 Å². The van der Waals surface area contributed by atoms with Crippen LogP contribution in [0.2, 0.25) is 0 Å². The van der Waals surface area contributed by atoms with Crippen LogP contribution < -0.4 is 10.6 Å². The van der Waals surface area contributed by atoms with Gasteiger partial charge in [0.05, 0.1) is 6.61 Å². The fourth-order valence-corrected chi connectivity index (χ4v) is 2.44. The standard InChI is InChI=1S/C19H20N2O3/c1-24-12-13-4-2-5-15(10-13)19(23)21-17-7-3-6-16(11-17)20-18(22)14-8-9-14/h2-7,10-11,14H,8-9,12H2,1H3,(H,20,22)(H,21,23). The second kappa shape index (κ2) is 7.27. The summed E-state index contributed by atoms with van der Waals surface area (Å²) in [6.45, 7) is 0.462. The fourth-order valence-electron chi connectivity index (χ4n) is 2.44. The second-order valence-electron chi connectivity index (χ2n) is 5.93. The number of carbonyl (C=O) groups excluding carboxylic acids is 2. The van der Waals surface area contributed by atoms with Crippen molar-refractivity contribution < 1.29 is 14.3 Å². The van der Waals surface area contributed by atoms with Crippen molar-refractivity contribution in [2.75, 3.05) is 17.7 Å². The number of benzene rings is 2. The van der Waals surface area contributed by atoms with Crippen LogP contribution in [-0.2, 0) is 16.1 Å². The average Bonchev–Trinajstić information content (AvgIpc) is 3.41. The fraction of sp³-hybridized carbons (Fsp3) is 0.263. The van der Waals surface area contributed by atoms with Crippen LogP contribution in [0.5, 0.6) is 0 Å². The molecule has 2 N–H and O–H groups in total. The van der Waals surface area contributed by atoms with E-state index in [0.717, 1.165) is 18.4 Å². The quantitative estimate of drug-likeness (QED) is 0.855. The van der Waals surface area contributed by atoms with Crippen LogP contribution in [0.4, 0.5) is 11.4 Å². The topological polar surface area (TPSA) is 67.4 Å². The molecule has 0 saturated heterocycles. The molecule has 1 fully saturated rings. The Labute approximate surface area is 141 Å². The van der Waals surface area contributed by atoms with E-state index < -0.39 is 0 Å². The number of hydrogen-bond donors (Lipinski definition) is 2. The number of anilines is 2. The molecule has 0 unspecified atom stereocenters. The summed E-state index contributed by atoms with van der Waals surface area (Å²) < 4.78 is 5.09. The summed E-state index contributed by atoms with van der Waals surface area (Å²) in [6, 6.07) is 14.5. The molecule has 2 aromatic carbocycles. The lowest BCUT2D eigenvalue weighted by molar-refractivity contribution is -0.117. The highest BCUT2D eigenvalue weighted by atomic mass is 16.5. The summed E-state index contributed by atoms with van der Waals surface area (Å²) in [6.07, 6.45) is 1.92. The molecular weight excluding hydrogens is 304 g/mol. The Morgan fingerprint density at radius 1 is 1.04 bits per heavy atom. The third-order valence-corrected chi connectivity index (χ3v) is 3.84. The number of rotatable bonds is 6.